The Morgan fingerprint density at radius 3 is 2.38 bits per heavy atom. The van der Waals surface area contributed by atoms with Gasteiger partial charge in [-0.05, 0) is 35.9 Å². The van der Waals surface area contributed by atoms with E-state index in [0.29, 0.717) is 15.6 Å². The maximum absolute atomic E-state index is 13.2. The minimum absolute atomic E-state index is 0.0156. The van der Waals surface area contributed by atoms with E-state index in [-0.39, 0.29) is 11.4 Å². The fourth-order valence-corrected chi connectivity index (χ4v) is 4.78. The van der Waals surface area contributed by atoms with Crippen LogP contribution < -0.4 is 5.43 Å². The smallest absolute Gasteiger partial charge is 0.255 e. The zero-order valence-electron chi connectivity index (χ0n) is 16.6. The molecule has 3 aromatic carbocycles. The second-order valence-electron chi connectivity index (χ2n) is 6.65. The predicted molar refractivity (Wildman–Crippen MR) is 130 cm³/mol. The van der Waals surface area contributed by atoms with Crippen molar-refractivity contribution in [1.29, 1.82) is 0 Å². The molecule has 0 saturated heterocycles. The second-order valence-corrected chi connectivity index (χ2v) is 10.3. The summed E-state index contributed by atoms with van der Waals surface area (Å²) in [6.07, 6.45) is 1.34. The SMILES string of the molecule is O=C(CN(Cc1ccc(Br)cc1)S(=O)(=O)c1ccccc1)N/N=C\c1cccc(Cl)c1Cl. The van der Waals surface area contributed by atoms with Crippen LogP contribution in [0.3, 0.4) is 0 Å². The quantitative estimate of drug-likeness (QED) is 0.311. The van der Waals surface area contributed by atoms with Gasteiger partial charge in [0.05, 0.1) is 27.7 Å². The normalized spacial score (nSPS) is 11.8. The molecule has 1 amide bonds. The van der Waals surface area contributed by atoms with Gasteiger partial charge in [0.15, 0.2) is 0 Å². The van der Waals surface area contributed by atoms with Crippen molar-refractivity contribution in [3.63, 3.8) is 0 Å². The Hall–Kier alpha value is -2.23. The Morgan fingerprint density at radius 2 is 1.69 bits per heavy atom. The molecule has 3 aromatic rings. The van der Waals surface area contributed by atoms with Gasteiger partial charge in [0.25, 0.3) is 5.91 Å². The molecule has 0 fully saturated rings. The van der Waals surface area contributed by atoms with Crippen LogP contribution in [0.5, 0.6) is 0 Å². The first kappa shape index (κ1) is 24.4. The summed E-state index contributed by atoms with van der Waals surface area (Å²) in [5.74, 6) is -0.601. The van der Waals surface area contributed by atoms with Crippen molar-refractivity contribution in [3.8, 4) is 0 Å². The highest BCUT2D eigenvalue weighted by Gasteiger charge is 2.26. The minimum atomic E-state index is -3.92. The van der Waals surface area contributed by atoms with E-state index < -0.39 is 22.5 Å². The third-order valence-corrected chi connectivity index (χ3v) is 7.52. The summed E-state index contributed by atoms with van der Waals surface area (Å²) < 4.78 is 28.3. The molecule has 0 saturated carbocycles. The van der Waals surface area contributed by atoms with Crippen molar-refractivity contribution in [2.45, 2.75) is 11.4 Å². The molecule has 0 aliphatic rings. The number of carbonyl (C=O) groups excluding carboxylic acids is 1. The van der Waals surface area contributed by atoms with Crippen molar-refractivity contribution < 1.29 is 13.2 Å². The standard InChI is InChI=1S/C22H18BrCl2N3O3S/c23-18-11-9-16(10-12-18)14-28(32(30,31)19-6-2-1-3-7-19)15-21(29)27-26-13-17-5-4-8-20(24)22(17)25/h1-13H,14-15H2,(H,27,29)/b26-13-. The molecular formula is C22H18BrCl2N3O3S. The molecule has 0 bridgehead atoms. The Labute approximate surface area is 205 Å². The van der Waals surface area contributed by atoms with Crippen molar-refractivity contribution in [2.24, 2.45) is 5.10 Å². The Bertz CT molecular complexity index is 1220. The lowest BCUT2D eigenvalue weighted by Gasteiger charge is -2.21. The monoisotopic (exact) mass is 553 g/mol. The van der Waals surface area contributed by atoms with Crippen LogP contribution in [0.15, 0.2) is 87.3 Å². The summed E-state index contributed by atoms with van der Waals surface area (Å²) in [5, 5.41) is 4.53. The molecule has 6 nitrogen and oxygen atoms in total. The number of nitrogens with zero attached hydrogens (tertiary/aromatic N) is 2. The van der Waals surface area contributed by atoms with E-state index in [4.69, 9.17) is 23.2 Å². The summed E-state index contributed by atoms with van der Waals surface area (Å²) >= 11 is 15.4. The molecule has 0 unspecified atom stereocenters. The van der Waals surface area contributed by atoms with Crippen LogP contribution in [-0.2, 0) is 21.4 Å². The largest absolute Gasteiger partial charge is 0.272 e. The maximum Gasteiger partial charge on any atom is 0.255 e. The first-order valence-corrected chi connectivity index (χ1v) is 12.3. The van der Waals surface area contributed by atoms with Gasteiger partial charge in [0.2, 0.25) is 10.0 Å². The number of carbonyl (C=O) groups is 1. The van der Waals surface area contributed by atoms with E-state index in [1.54, 1.807) is 48.5 Å². The highest BCUT2D eigenvalue weighted by atomic mass is 79.9. The van der Waals surface area contributed by atoms with Crippen molar-refractivity contribution in [3.05, 3.63) is 98.4 Å². The van der Waals surface area contributed by atoms with E-state index in [9.17, 15) is 13.2 Å². The van der Waals surface area contributed by atoms with Gasteiger partial charge in [-0.25, -0.2) is 13.8 Å². The molecule has 32 heavy (non-hydrogen) atoms. The average molecular weight is 555 g/mol. The van der Waals surface area contributed by atoms with Gasteiger partial charge in [-0.3, -0.25) is 4.79 Å². The number of rotatable bonds is 8. The number of amides is 1. The van der Waals surface area contributed by atoms with Crippen LogP contribution in [0.1, 0.15) is 11.1 Å². The van der Waals surface area contributed by atoms with Crippen molar-refractivity contribution in [1.82, 2.24) is 9.73 Å². The third kappa shape index (κ3) is 6.40. The summed E-state index contributed by atoms with van der Waals surface area (Å²) in [5.41, 5.74) is 3.59. The zero-order chi connectivity index (χ0) is 23.1. The maximum atomic E-state index is 13.2. The molecule has 166 valence electrons. The van der Waals surface area contributed by atoms with Gasteiger partial charge < -0.3 is 0 Å². The van der Waals surface area contributed by atoms with E-state index in [2.05, 4.69) is 26.5 Å². The van der Waals surface area contributed by atoms with Crippen LogP contribution in [0.25, 0.3) is 0 Å². The van der Waals surface area contributed by atoms with E-state index in [1.165, 1.54) is 18.3 Å². The zero-order valence-corrected chi connectivity index (χ0v) is 20.5. The van der Waals surface area contributed by atoms with Crippen LogP contribution >= 0.6 is 39.1 Å². The first-order valence-electron chi connectivity index (χ1n) is 9.33. The van der Waals surface area contributed by atoms with Crippen LogP contribution in [0.2, 0.25) is 10.0 Å². The summed E-state index contributed by atoms with van der Waals surface area (Å²) in [6, 6.07) is 20.2. The molecule has 0 spiro atoms. The molecule has 10 heteroatoms. The highest BCUT2D eigenvalue weighted by Crippen LogP contribution is 2.24. The highest BCUT2D eigenvalue weighted by molar-refractivity contribution is 9.10. The number of hydrogen-bond donors (Lipinski definition) is 1. The summed E-state index contributed by atoms with van der Waals surface area (Å²) in [7, 11) is -3.92. The second kappa shape index (κ2) is 11.1. The average Bonchev–Trinajstić information content (AvgIpc) is 2.78. The van der Waals surface area contributed by atoms with Gasteiger partial charge in [-0.1, -0.05) is 81.6 Å². The summed E-state index contributed by atoms with van der Waals surface area (Å²) in [6.45, 7) is -0.407. The lowest BCUT2D eigenvalue weighted by Crippen LogP contribution is -2.39. The lowest BCUT2D eigenvalue weighted by atomic mass is 10.2. The van der Waals surface area contributed by atoms with Crippen molar-refractivity contribution >= 4 is 61.3 Å². The molecule has 0 aromatic heterocycles. The number of sulfonamides is 1. The first-order chi connectivity index (χ1) is 15.3. The van der Waals surface area contributed by atoms with Crippen LogP contribution in [-0.4, -0.2) is 31.4 Å². The number of benzene rings is 3. The van der Waals surface area contributed by atoms with Gasteiger partial charge in [-0.15, -0.1) is 0 Å². The van der Waals surface area contributed by atoms with Gasteiger partial charge >= 0.3 is 0 Å². The molecule has 0 aliphatic heterocycles. The number of nitrogens with one attached hydrogen (secondary N) is 1. The van der Waals surface area contributed by atoms with E-state index in [0.717, 1.165) is 14.3 Å². The van der Waals surface area contributed by atoms with Gasteiger partial charge in [0.1, 0.15) is 0 Å². The fourth-order valence-electron chi connectivity index (χ4n) is 2.75. The Kier molecular flexibility index (Phi) is 8.44. The minimum Gasteiger partial charge on any atom is -0.272 e. The molecule has 0 heterocycles. The fraction of sp³-hybridized carbons (Fsp3) is 0.0909. The lowest BCUT2D eigenvalue weighted by molar-refractivity contribution is -0.121. The number of hydrazone groups is 1. The third-order valence-electron chi connectivity index (χ3n) is 4.35. The predicted octanol–water partition coefficient (Wildman–Crippen LogP) is 5.10. The molecular weight excluding hydrogens is 537 g/mol. The topological polar surface area (TPSA) is 78.8 Å². The van der Waals surface area contributed by atoms with E-state index >= 15 is 0 Å². The van der Waals surface area contributed by atoms with Crippen LogP contribution in [0.4, 0.5) is 0 Å². The van der Waals surface area contributed by atoms with Crippen molar-refractivity contribution in [2.75, 3.05) is 6.54 Å². The molecule has 1 N–H and O–H groups in total. The molecule has 0 radical (unpaired) electrons. The van der Waals surface area contributed by atoms with E-state index in [1.807, 2.05) is 12.1 Å². The van der Waals surface area contributed by atoms with Crippen LogP contribution in [0, 0.1) is 0 Å². The molecule has 0 aliphatic carbocycles. The van der Waals surface area contributed by atoms with Gasteiger partial charge in [-0.2, -0.15) is 9.41 Å². The number of hydrogen-bond acceptors (Lipinski definition) is 4. The molecule has 0 atom stereocenters. The Morgan fingerprint density at radius 1 is 1.00 bits per heavy atom. The Balaban J connectivity index is 1.78. The van der Waals surface area contributed by atoms with Gasteiger partial charge in [0, 0.05) is 16.6 Å². The number of halogens is 3. The summed E-state index contributed by atoms with van der Waals surface area (Å²) in [4.78, 5) is 12.6. The molecule has 3 rings (SSSR count).